The van der Waals surface area contributed by atoms with Crippen LogP contribution in [0.2, 0.25) is 5.02 Å². The molecule has 0 radical (unpaired) electrons. The Morgan fingerprint density at radius 1 is 1.45 bits per heavy atom. The number of amides is 1. The predicted molar refractivity (Wildman–Crippen MR) is 85.4 cm³/mol. The Bertz CT molecular complexity index is 639. The average Bonchev–Trinajstić information content (AvgIpc) is 2.99. The van der Waals surface area contributed by atoms with Crippen LogP contribution in [-0.4, -0.2) is 18.7 Å². The van der Waals surface area contributed by atoms with Crippen molar-refractivity contribution in [2.45, 2.75) is 19.8 Å². The first-order valence-electron chi connectivity index (χ1n) is 6.89. The molecule has 2 aromatic rings. The van der Waals surface area contributed by atoms with Crippen molar-refractivity contribution >= 4 is 23.7 Å². The van der Waals surface area contributed by atoms with E-state index in [1.54, 1.807) is 24.5 Å². The fourth-order valence-corrected chi connectivity index (χ4v) is 2.00. The number of carbonyl (C=O) groups is 1. The lowest BCUT2D eigenvalue weighted by molar-refractivity contribution is -0.121. The number of carbonyl (C=O) groups excluding carboxylic acids is 1. The van der Waals surface area contributed by atoms with Gasteiger partial charge in [-0.15, -0.1) is 0 Å². The average molecular weight is 321 g/mol. The molecule has 22 heavy (non-hydrogen) atoms. The highest BCUT2D eigenvalue weighted by Crippen LogP contribution is 2.21. The lowest BCUT2D eigenvalue weighted by Crippen LogP contribution is -2.18. The minimum atomic E-state index is -0.167. The summed E-state index contributed by atoms with van der Waals surface area (Å²) in [4.78, 5) is 11.6. The molecule has 2 rings (SSSR count). The Kier molecular flexibility index (Phi) is 6.03. The Balaban J connectivity index is 1.64. The summed E-state index contributed by atoms with van der Waals surface area (Å²) in [7, 11) is 0. The second-order valence-corrected chi connectivity index (χ2v) is 5.11. The van der Waals surface area contributed by atoms with Gasteiger partial charge in [0.25, 0.3) is 0 Å². The summed E-state index contributed by atoms with van der Waals surface area (Å²) >= 11 is 5.88. The van der Waals surface area contributed by atoms with Crippen molar-refractivity contribution in [1.82, 2.24) is 5.43 Å². The van der Waals surface area contributed by atoms with Gasteiger partial charge in [-0.05, 0) is 49.2 Å². The number of benzene rings is 1. The molecule has 0 fully saturated rings. The number of nitrogens with zero attached hydrogens (tertiary/aromatic N) is 1. The van der Waals surface area contributed by atoms with Gasteiger partial charge >= 0.3 is 0 Å². The van der Waals surface area contributed by atoms with Gasteiger partial charge in [-0.3, -0.25) is 4.79 Å². The molecule has 116 valence electrons. The van der Waals surface area contributed by atoms with Gasteiger partial charge in [-0.2, -0.15) is 5.10 Å². The summed E-state index contributed by atoms with van der Waals surface area (Å²) in [5, 5.41) is 4.48. The van der Waals surface area contributed by atoms with E-state index >= 15 is 0 Å². The van der Waals surface area contributed by atoms with Crippen LogP contribution in [0.5, 0.6) is 5.75 Å². The molecule has 0 unspecified atom stereocenters. The molecule has 0 atom stereocenters. The van der Waals surface area contributed by atoms with Gasteiger partial charge < -0.3 is 9.15 Å². The molecular weight excluding hydrogens is 304 g/mol. The first kappa shape index (κ1) is 16.1. The highest BCUT2D eigenvalue weighted by molar-refractivity contribution is 6.30. The van der Waals surface area contributed by atoms with Crippen LogP contribution in [0.1, 0.15) is 24.2 Å². The molecular formula is C16H17ClN2O3. The zero-order valence-electron chi connectivity index (χ0n) is 12.2. The normalized spacial score (nSPS) is 10.8. The van der Waals surface area contributed by atoms with Crippen molar-refractivity contribution < 1.29 is 13.9 Å². The Morgan fingerprint density at radius 3 is 3.05 bits per heavy atom. The van der Waals surface area contributed by atoms with E-state index in [1.807, 2.05) is 19.1 Å². The summed E-state index contributed by atoms with van der Waals surface area (Å²) in [5.74, 6) is 1.20. The number of aryl methyl sites for hydroxylation is 1. The zero-order chi connectivity index (χ0) is 15.8. The molecule has 1 aromatic carbocycles. The van der Waals surface area contributed by atoms with Gasteiger partial charge in [-0.25, -0.2) is 5.43 Å². The minimum absolute atomic E-state index is 0.167. The molecule has 0 spiro atoms. The number of nitrogens with one attached hydrogen (secondary N) is 1. The lowest BCUT2D eigenvalue weighted by atomic mass is 10.2. The highest BCUT2D eigenvalue weighted by Gasteiger charge is 2.02. The number of hydrogen-bond donors (Lipinski definition) is 1. The fraction of sp³-hybridized carbons (Fsp3) is 0.250. The van der Waals surface area contributed by atoms with Crippen LogP contribution in [0.4, 0.5) is 0 Å². The van der Waals surface area contributed by atoms with Crippen molar-refractivity contribution in [3.05, 3.63) is 52.9 Å². The fourth-order valence-electron chi connectivity index (χ4n) is 1.78. The van der Waals surface area contributed by atoms with Crippen molar-refractivity contribution in [3.8, 4) is 5.75 Å². The molecule has 6 heteroatoms. The third-order valence-corrected chi connectivity index (χ3v) is 3.10. The molecule has 5 nitrogen and oxygen atoms in total. The number of rotatable bonds is 7. The summed E-state index contributed by atoms with van der Waals surface area (Å²) in [6.07, 6.45) is 3.93. The lowest BCUT2D eigenvalue weighted by Gasteiger charge is -2.08. The summed E-state index contributed by atoms with van der Waals surface area (Å²) < 4.78 is 10.7. The Morgan fingerprint density at radius 2 is 2.32 bits per heavy atom. The summed E-state index contributed by atoms with van der Waals surface area (Å²) in [6, 6.07) is 8.94. The Hall–Kier alpha value is -2.27. The molecule has 0 aliphatic carbocycles. The van der Waals surface area contributed by atoms with E-state index in [-0.39, 0.29) is 5.91 Å². The van der Waals surface area contributed by atoms with E-state index in [9.17, 15) is 4.79 Å². The molecule has 0 saturated heterocycles. The van der Waals surface area contributed by atoms with Crippen molar-refractivity contribution in [2.75, 3.05) is 6.61 Å². The first-order chi connectivity index (χ1) is 10.6. The molecule has 1 amide bonds. The van der Waals surface area contributed by atoms with Crippen molar-refractivity contribution in [2.24, 2.45) is 5.10 Å². The van der Waals surface area contributed by atoms with E-state index in [0.717, 1.165) is 11.3 Å². The van der Waals surface area contributed by atoms with Crippen LogP contribution in [0, 0.1) is 6.92 Å². The highest BCUT2D eigenvalue weighted by atomic mass is 35.5. The van der Waals surface area contributed by atoms with Crippen LogP contribution >= 0.6 is 11.6 Å². The minimum Gasteiger partial charge on any atom is -0.493 e. The Labute approximate surface area is 133 Å². The summed E-state index contributed by atoms with van der Waals surface area (Å²) in [5.41, 5.74) is 3.41. The van der Waals surface area contributed by atoms with Gasteiger partial charge in [0.1, 0.15) is 11.5 Å². The van der Waals surface area contributed by atoms with Gasteiger partial charge in [0.15, 0.2) is 0 Å². The topological polar surface area (TPSA) is 63.8 Å². The molecule has 1 N–H and O–H groups in total. The van der Waals surface area contributed by atoms with E-state index in [4.69, 9.17) is 20.8 Å². The quantitative estimate of drug-likeness (QED) is 0.482. The number of halogens is 1. The van der Waals surface area contributed by atoms with Gasteiger partial charge in [0, 0.05) is 11.4 Å². The number of ether oxygens (including phenoxy) is 1. The largest absolute Gasteiger partial charge is 0.493 e. The molecule has 0 bridgehead atoms. The first-order valence-corrected chi connectivity index (χ1v) is 7.27. The SMILES string of the molecule is Cc1cc(Cl)ccc1OCCCC(=O)N/N=C/c1ccco1. The molecule has 0 aliphatic heterocycles. The zero-order valence-corrected chi connectivity index (χ0v) is 13.0. The van der Waals surface area contributed by atoms with Crippen LogP contribution in [-0.2, 0) is 4.79 Å². The second-order valence-electron chi connectivity index (χ2n) is 4.67. The number of hydrogen-bond acceptors (Lipinski definition) is 4. The van der Waals surface area contributed by atoms with Crippen LogP contribution in [0.3, 0.4) is 0 Å². The maximum absolute atomic E-state index is 11.6. The number of furan rings is 1. The maximum atomic E-state index is 11.6. The van der Waals surface area contributed by atoms with Crippen molar-refractivity contribution in [1.29, 1.82) is 0 Å². The van der Waals surface area contributed by atoms with Gasteiger partial charge in [0.2, 0.25) is 5.91 Å². The van der Waals surface area contributed by atoms with Gasteiger partial charge in [-0.1, -0.05) is 11.6 Å². The monoisotopic (exact) mass is 320 g/mol. The van der Waals surface area contributed by atoms with Crippen molar-refractivity contribution in [3.63, 3.8) is 0 Å². The van der Waals surface area contributed by atoms with Gasteiger partial charge in [0.05, 0.1) is 19.1 Å². The molecule has 1 aromatic heterocycles. The smallest absolute Gasteiger partial charge is 0.240 e. The van der Waals surface area contributed by atoms with E-state index < -0.39 is 0 Å². The molecule has 1 heterocycles. The second kappa shape index (κ2) is 8.24. The summed E-state index contributed by atoms with van der Waals surface area (Å²) in [6.45, 7) is 2.38. The third-order valence-electron chi connectivity index (χ3n) is 2.87. The van der Waals surface area contributed by atoms with E-state index in [0.29, 0.717) is 30.2 Å². The van der Waals surface area contributed by atoms with Crippen LogP contribution < -0.4 is 10.2 Å². The van der Waals surface area contributed by atoms with E-state index in [1.165, 1.54) is 6.21 Å². The number of hydrazone groups is 1. The molecule has 0 saturated carbocycles. The van der Waals surface area contributed by atoms with Crippen LogP contribution in [0.15, 0.2) is 46.1 Å². The maximum Gasteiger partial charge on any atom is 0.240 e. The third kappa shape index (κ3) is 5.26. The predicted octanol–water partition coefficient (Wildman–Crippen LogP) is 3.55. The van der Waals surface area contributed by atoms with Crippen LogP contribution in [0.25, 0.3) is 0 Å². The molecule has 0 aliphatic rings. The van der Waals surface area contributed by atoms with E-state index in [2.05, 4.69) is 10.5 Å². The standard InChI is InChI=1S/C16H17ClN2O3/c1-12-10-13(17)6-7-15(12)22-9-3-5-16(20)19-18-11-14-4-2-8-21-14/h2,4,6-8,10-11H,3,5,9H2,1H3,(H,19,20)/b18-11+.